The van der Waals surface area contributed by atoms with Gasteiger partial charge in [0.05, 0.1) is 6.61 Å². The Morgan fingerprint density at radius 2 is 1.65 bits per heavy atom. The Morgan fingerprint density at radius 1 is 0.957 bits per heavy atom. The molecule has 1 heteroatoms. The molecule has 0 radical (unpaired) electrons. The Balaban J connectivity index is 1.81. The van der Waals surface area contributed by atoms with E-state index in [4.69, 9.17) is 4.74 Å². The van der Waals surface area contributed by atoms with Crippen LogP contribution in [0, 0.1) is 17.3 Å². The molecule has 23 heavy (non-hydrogen) atoms. The summed E-state index contributed by atoms with van der Waals surface area (Å²) >= 11 is 0. The lowest BCUT2D eigenvalue weighted by molar-refractivity contribution is 0.0488. The van der Waals surface area contributed by atoms with Gasteiger partial charge in [-0.25, -0.2) is 0 Å². The van der Waals surface area contributed by atoms with E-state index in [2.05, 4.69) is 13.5 Å². The summed E-state index contributed by atoms with van der Waals surface area (Å²) in [4.78, 5) is 0. The van der Waals surface area contributed by atoms with Crippen LogP contribution in [-0.2, 0) is 4.74 Å². The van der Waals surface area contributed by atoms with E-state index in [1.165, 1.54) is 89.9 Å². The molecule has 0 bridgehead atoms. The van der Waals surface area contributed by atoms with Gasteiger partial charge in [0, 0.05) is 6.61 Å². The second kappa shape index (κ2) is 10.5. The molecule has 0 atom stereocenters. The lowest BCUT2D eigenvalue weighted by atomic mass is 9.62. The third-order valence-electron chi connectivity index (χ3n) is 6.73. The van der Waals surface area contributed by atoms with Crippen LogP contribution in [0.1, 0.15) is 96.8 Å². The summed E-state index contributed by atoms with van der Waals surface area (Å²) in [6.45, 7) is 7.73. The van der Waals surface area contributed by atoms with E-state index in [9.17, 15) is 0 Å². The maximum atomic E-state index is 5.74. The molecule has 2 rings (SSSR count). The number of rotatable bonds is 10. The van der Waals surface area contributed by atoms with E-state index < -0.39 is 0 Å². The molecular formula is C22H40O. The fourth-order valence-electron chi connectivity index (χ4n) is 5.16. The van der Waals surface area contributed by atoms with Gasteiger partial charge in [-0.05, 0) is 55.8 Å². The van der Waals surface area contributed by atoms with Gasteiger partial charge >= 0.3 is 0 Å². The van der Waals surface area contributed by atoms with Crippen LogP contribution < -0.4 is 0 Å². The standard InChI is InChI=1S/C22H40O/c1-3-5-9-14-22(17-19-23-18-4-2)15-12-21(13-16-22)20-10-7-6-8-11-20/h4,20-21H,2-3,5-19H2,1H3. The maximum Gasteiger partial charge on any atom is 0.0644 e. The number of ether oxygens (including phenoxy) is 1. The van der Waals surface area contributed by atoms with Gasteiger partial charge in [0.1, 0.15) is 0 Å². The van der Waals surface area contributed by atoms with E-state index >= 15 is 0 Å². The predicted octanol–water partition coefficient (Wildman–Crippen LogP) is 6.92. The first-order valence-corrected chi connectivity index (χ1v) is 10.5. The molecule has 0 saturated heterocycles. The number of hydrogen-bond acceptors (Lipinski definition) is 1. The molecule has 0 unspecified atom stereocenters. The zero-order chi connectivity index (χ0) is 16.4. The highest BCUT2D eigenvalue weighted by atomic mass is 16.5. The van der Waals surface area contributed by atoms with Crippen molar-refractivity contribution < 1.29 is 4.74 Å². The van der Waals surface area contributed by atoms with Crippen LogP contribution in [0.25, 0.3) is 0 Å². The van der Waals surface area contributed by atoms with Crippen molar-refractivity contribution in [2.75, 3.05) is 13.2 Å². The average Bonchev–Trinajstić information content (AvgIpc) is 2.61. The summed E-state index contributed by atoms with van der Waals surface area (Å²) in [5.74, 6) is 2.11. The van der Waals surface area contributed by atoms with Crippen molar-refractivity contribution in [1.82, 2.24) is 0 Å². The van der Waals surface area contributed by atoms with Crippen LogP contribution in [0.4, 0.5) is 0 Å². The zero-order valence-corrected chi connectivity index (χ0v) is 15.7. The minimum Gasteiger partial charge on any atom is -0.377 e. The molecular weight excluding hydrogens is 280 g/mol. The van der Waals surface area contributed by atoms with Gasteiger partial charge in [0.25, 0.3) is 0 Å². The SMILES string of the molecule is C=CCOCCC1(CCCCC)CCC(C2CCCCC2)CC1. The lowest BCUT2D eigenvalue weighted by Crippen LogP contribution is -2.32. The van der Waals surface area contributed by atoms with Crippen molar-refractivity contribution in [2.45, 2.75) is 96.8 Å². The third-order valence-corrected chi connectivity index (χ3v) is 6.73. The van der Waals surface area contributed by atoms with Crippen molar-refractivity contribution in [1.29, 1.82) is 0 Å². The van der Waals surface area contributed by atoms with Crippen LogP contribution in [0.5, 0.6) is 0 Å². The first-order chi connectivity index (χ1) is 11.3. The lowest BCUT2D eigenvalue weighted by Gasteiger charge is -2.43. The first kappa shape index (κ1) is 19.0. The maximum absolute atomic E-state index is 5.74. The largest absolute Gasteiger partial charge is 0.377 e. The van der Waals surface area contributed by atoms with Gasteiger partial charge in [-0.3, -0.25) is 0 Å². The fraction of sp³-hybridized carbons (Fsp3) is 0.909. The Labute approximate surface area is 145 Å². The number of hydrogen-bond donors (Lipinski definition) is 0. The van der Waals surface area contributed by atoms with Crippen LogP contribution >= 0.6 is 0 Å². The summed E-state index contributed by atoms with van der Waals surface area (Å²) in [5.41, 5.74) is 0.599. The molecule has 0 spiro atoms. The van der Waals surface area contributed by atoms with E-state index in [1.54, 1.807) is 0 Å². The van der Waals surface area contributed by atoms with Gasteiger partial charge in [0.2, 0.25) is 0 Å². The monoisotopic (exact) mass is 320 g/mol. The molecule has 2 fully saturated rings. The van der Waals surface area contributed by atoms with E-state index in [0.29, 0.717) is 5.41 Å². The zero-order valence-electron chi connectivity index (χ0n) is 15.7. The molecule has 0 N–H and O–H groups in total. The van der Waals surface area contributed by atoms with Crippen molar-refractivity contribution >= 4 is 0 Å². The Morgan fingerprint density at radius 3 is 2.30 bits per heavy atom. The van der Waals surface area contributed by atoms with Gasteiger partial charge in [0.15, 0.2) is 0 Å². The molecule has 0 heterocycles. The third kappa shape index (κ3) is 6.25. The van der Waals surface area contributed by atoms with Crippen molar-refractivity contribution in [3.63, 3.8) is 0 Å². The topological polar surface area (TPSA) is 9.23 Å². The minimum atomic E-state index is 0.599. The van der Waals surface area contributed by atoms with E-state index in [1.807, 2.05) is 6.08 Å². The molecule has 2 saturated carbocycles. The molecule has 1 nitrogen and oxygen atoms in total. The highest BCUT2D eigenvalue weighted by Crippen LogP contribution is 2.49. The molecule has 2 aliphatic carbocycles. The van der Waals surface area contributed by atoms with Crippen LogP contribution in [0.15, 0.2) is 12.7 Å². The first-order valence-electron chi connectivity index (χ1n) is 10.5. The normalized spacial score (nSPS) is 29.5. The molecule has 2 aliphatic rings. The van der Waals surface area contributed by atoms with E-state index in [0.717, 1.165) is 25.0 Å². The van der Waals surface area contributed by atoms with Crippen molar-refractivity contribution in [2.24, 2.45) is 17.3 Å². The summed E-state index contributed by atoms with van der Waals surface area (Å²) in [6, 6.07) is 0. The summed E-state index contributed by atoms with van der Waals surface area (Å²) in [6.07, 6.45) is 22.2. The van der Waals surface area contributed by atoms with Crippen LogP contribution in [0.3, 0.4) is 0 Å². The summed E-state index contributed by atoms with van der Waals surface area (Å²) in [7, 11) is 0. The smallest absolute Gasteiger partial charge is 0.0644 e. The fourth-order valence-corrected chi connectivity index (χ4v) is 5.16. The predicted molar refractivity (Wildman–Crippen MR) is 101 cm³/mol. The highest BCUT2D eigenvalue weighted by molar-refractivity contribution is 4.88. The second-order valence-corrected chi connectivity index (χ2v) is 8.31. The molecule has 134 valence electrons. The van der Waals surface area contributed by atoms with Crippen LogP contribution in [0.2, 0.25) is 0 Å². The van der Waals surface area contributed by atoms with Crippen molar-refractivity contribution in [3.8, 4) is 0 Å². The highest BCUT2D eigenvalue weighted by Gasteiger charge is 2.37. The Kier molecular flexibility index (Phi) is 8.72. The second-order valence-electron chi connectivity index (χ2n) is 8.31. The van der Waals surface area contributed by atoms with Gasteiger partial charge in [-0.1, -0.05) is 64.4 Å². The number of unbranched alkanes of at least 4 members (excludes halogenated alkanes) is 2. The van der Waals surface area contributed by atoms with E-state index in [-0.39, 0.29) is 0 Å². The van der Waals surface area contributed by atoms with Gasteiger partial charge < -0.3 is 4.74 Å². The Hall–Kier alpha value is -0.300. The average molecular weight is 321 g/mol. The van der Waals surface area contributed by atoms with Crippen molar-refractivity contribution in [3.05, 3.63) is 12.7 Å². The van der Waals surface area contributed by atoms with Crippen LogP contribution in [-0.4, -0.2) is 13.2 Å². The molecule has 0 aromatic carbocycles. The molecule has 0 aromatic heterocycles. The quantitative estimate of drug-likeness (QED) is 0.313. The van der Waals surface area contributed by atoms with Gasteiger partial charge in [-0.2, -0.15) is 0 Å². The Bertz CT molecular complexity index is 308. The molecule has 0 amide bonds. The molecule has 0 aliphatic heterocycles. The minimum absolute atomic E-state index is 0.599. The summed E-state index contributed by atoms with van der Waals surface area (Å²) in [5, 5.41) is 0. The summed E-state index contributed by atoms with van der Waals surface area (Å²) < 4.78 is 5.74. The van der Waals surface area contributed by atoms with Gasteiger partial charge in [-0.15, -0.1) is 6.58 Å². The molecule has 0 aromatic rings.